The Labute approximate surface area is 399 Å². The van der Waals surface area contributed by atoms with Crippen LogP contribution in [-0.2, 0) is 35.6 Å². The Bertz CT molecular complexity index is 2700. The van der Waals surface area contributed by atoms with Gasteiger partial charge in [0.1, 0.15) is 23.8 Å². The number of cyclic esters (lactones) is 1. The minimum absolute atomic E-state index is 0.0557. The van der Waals surface area contributed by atoms with Crippen LogP contribution in [0.25, 0.3) is 0 Å². The minimum atomic E-state index is -4.18. The number of rotatable bonds is 14. The topological polar surface area (TPSA) is 372 Å². The van der Waals surface area contributed by atoms with Crippen LogP contribution >= 0.6 is 15.9 Å². The Morgan fingerprint density at radius 2 is 1.35 bits per heavy atom. The van der Waals surface area contributed by atoms with E-state index in [2.05, 4.69) is 15.9 Å². The van der Waals surface area contributed by atoms with E-state index in [-0.39, 0.29) is 54.0 Å². The maximum atomic E-state index is 11.5. The highest BCUT2D eigenvalue weighted by atomic mass is 79.9. The van der Waals surface area contributed by atoms with E-state index in [4.69, 9.17) is 50.0 Å². The molecule has 1 heterocycles. The normalized spacial score (nSPS) is 12.7. The van der Waals surface area contributed by atoms with Gasteiger partial charge in [0.05, 0.1) is 47.4 Å². The third-order valence-corrected chi connectivity index (χ3v) is 11.0. The summed E-state index contributed by atoms with van der Waals surface area (Å²) < 4.78 is 38.2. The molecule has 6 rings (SSSR count). The van der Waals surface area contributed by atoms with Crippen LogP contribution in [0.2, 0.25) is 0 Å². The molecule has 23 nitrogen and oxygen atoms in total. The van der Waals surface area contributed by atoms with Crippen molar-refractivity contribution in [1.29, 1.82) is 0 Å². The van der Waals surface area contributed by atoms with Gasteiger partial charge in [0.2, 0.25) is 0 Å². The molecule has 1 aliphatic rings. The number of halogens is 1. The van der Waals surface area contributed by atoms with Crippen molar-refractivity contribution in [1.82, 2.24) is 4.90 Å². The molecule has 69 heavy (non-hydrogen) atoms. The highest BCUT2D eigenvalue weighted by molar-refractivity contribution is 9.10. The van der Waals surface area contributed by atoms with Crippen molar-refractivity contribution in [2.24, 2.45) is 0 Å². The number of sulfone groups is 1. The summed E-state index contributed by atoms with van der Waals surface area (Å²) in [4.78, 5) is 73.8. The smallest absolute Gasteiger partial charge is 0.411 e. The Balaban J connectivity index is 0.000000298. The fraction of sp³-hybridized carbons (Fsp3) is 0.182. The predicted molar refractivity (Wildman–Crippen MR) is 242 cm³/mol. The number of para-hydroxylation sites is 1. The van der Waals surface area contributed by atoms with Gasteiger partial charge < -0.3 is 55.1 Å². The van der Waals surface area contributed by atoms with Gasteiger partial charge >= 0.3 is 35.9 Å². The first-order valence-corrected chi connectivity index (χ1v) is 21.6. The number of ether oxygens (including phenoxy) is 3. The quantitative estimate of drug-likeness (QED) is 0.0518. The zero-order chi connectivity index (χ0) is 52.0. The number of carbonyl (C=O) groups is 6. The average molecular weight is 1050 g/mol. The summed E-state index contributed by atoms with van der Waals surface area (Å²) in [5.74, 6) is -6.38. The Kier molecular flexibility index (Phi) is 22.7. The molecular weight excluding hydrogens is 1000 g/mol. The number of aliphatic hydroxyl groups excluding tert-OH is 2. The summed E-state index contributed by atoms with van der Waals surface area (Å²) in [6.45, 7) is -0.186. The number of benzene rings is 5. The van der Waals surface area contributed by atoms with E-state index in [1.807, 2.05) is 30.3 Å². The second-order valence-electron chi connectivity index (χ2n) is 13.4. The van der Waals surface area contributed by atoms with Gasteiger partial charge in [0.15, 0.2) is 33.2 Å². The van der Waals surface area contributed by atoms with E-state index >= 15 is 0 Å². The Morgan fingerprint density at radius 3 is 1.83 bits per heavy atom. The van der Waals surface area contributed by atoms with Crippen LogP contribution in [0.3, 0.4) is 0 Å². The number of nitrogens with zero attached hydrogens (tertiary/aromatic N) is 2. The maximum Gasteiger partial charge on any atom is 0.411 e. The number of aliphatic hydroxyl groups is 2. The number of nitro benzene ring substituents is 1. The van der Waals surface area contributed by atoms with Gasteiger partial charge in [-0.15, -0.1) is 0 Å². The number of aliphatic carboxylic acids is 3. The molecule has 5 aromatic carbocycles. The first kappa shape index (κ1) is 57.0. The molecule has 368 valence electrons. The molecule has 2 atom stereocenters. The molecule has 1 fully saturated rings. The molecule has 0 aliphatic carbocycles. The molecule has 1 unspecified atom stereocenters. The molecule has 25 heteroatoms. The van der Waals surface area contributed by atoms with Gasteiger partial charge in [-0.1, -0.05) is 60.7 Å². The van der Waals surface area contributed by atoms with Crippen molar-refractivity contribution in [2.45, 2.75) is 23.6 Å². The summed E-state index contributed by atoms with van der Waals surface area (Å²) in [5, 5.41) is 80.3. The monoisotopic (exact) mass is 1050 g/mol. The summed E-state index contributed by atoms with van der Waals surface area (Å²) in [7, 11) is -1.27. The lowest BCUT2D eigenvalue weighted by Crippen LogP contribution is -2.32. The largest absolute Gasteiger partial charge is 0.504 e. The van der Waals surface area contributed by atoms with Crippen molar-refractivity contribution in [3.8, 4) is 17.2 Å². The first-order chi connectivity index (χ1) is 32.5. The number of hydrogen-bond donors (Lipinski definition) is 8. The SMILES string of the molecule is COc1ccc(C(=O)O)cc1Br.COc1ccc(C(O)C(=O)O)cc1O.O=C(O)CN1C(=O)OC[C@@H]1c1ccccc1.O=C(O)CS(=O)(=O)c1ccccc1[N+](=O)[O-].O=C(O)c1ccc(CO)cc1. The fourth-order valence-corrected chi connectivity index (χ4v) is 7.17. The summed E-state index contributed by atoms with van der Waals surface area (Å²) in [6.07, 6.45) is -2.21. The molecule has 1 amide bonds. The van der Waals surface area contributed by atoms with E-state index in [1.54, 1.807) is 18.2 Å². The average Bonchev–Trinajstić information content (AvgIpc) is 3.67. The number of aromatic hydroxyl groups is 1. The standard InChI is InChI=1S/C11H11NO4.C9H10O5.C8H7BrO3.C8H7NO6S.C8H8O3/c13-10(14)6-12-9(7-16-11(12)15)8-4-2-1-3-5-8;1-14-7-3-2-5(4-6(7)10)8(11)9(12)13;1-12-7-3-2-5(8(10)11)4-6(7)9;10-8(11)5-16(14,15)7-4-2-1-3-6(7)9(12)13;9-5-6-1-3-7(4-2-6)8(10)11/h1-5,9H,6-7H2,(H,13,14);2-4,8,10-11H,1H3,(H,12,13);2-4H,1H3,(H,10,11);1-4H,5H2,(H,10,11);1-4,9H,5H2,(H,10,11)/t9-;;;;/m1..../s1. The molecule has 1 aliphatic heterocycles. The van der Waals surface area contributed by atoms with Crippen molar-refractivity contribution >= 4 is 67.4 Å². The molecule has 1 saturated heterocycles. The lowest BCUT2D eigenvalue weighted by atomic mass is 10.1. The third-order valence-electron chi connectivity index (χ3n) is 8.71. The molecule has 0 aromatic heterocycles. The van der Waals surface area contributed by atoms with Crippen molar-refractivity contribution in [3.05, 3.63) is 158 Å². The lowest BCUT2D eigenvalue weighted by Gasteiger charge is -2.19. The fourth-order valence-electron chi connectivity index (χ4n) is 5.41. The van der Waals surface area contributed by atoms with Crippen LogP contribution in [0, 0.1) is 10.1 Å². The van der Waals surface area contributed by atoms with E-state index in [0.717, 1.165) is 29.3 Å². The van der Waals surface area contributed by atoms with Gasteiger partial charge in [-0.3, -0.25) is 24.6 Å². The number of phenolic OH excluding ortho intramolecular Hbond substituents is 1. The number of amides is 1. The van der Waals surface area contributed by atoms with Crippen molar-refractivity contribution < 1.29 is 97.2 Å². The number of carboxylic acids is 5. The van der Waals surface area contributed by atoms with Crippen molar-refractivity contribution in [2.75, 3.05) is 33.1 Å². The number of carbonyl (C=O) groups excluding carboxylic acids is 1. The summed E-state index contributed by atoms with van der Waals surface area (Å²) >= 11 is 3.19. The summed E-state index contributed by atoms with van der Waals surface area (Å²) in [5.41, 5.74) is 1.56. The Morgan fingerprint density at radius 1 is 0.797 bits per heavy atom. The first-order valence-electron chi connectivity index (χ1n) is 19.1. The Hall–Kier alpha value is -8.13. The molecule has 5 aromatic rings. The molecule has 0 spiro atoms. The zero-order valence-electron chi connectivity index (χ0n) is 36.0. The van der Waals surface area contributed by atoms with E-state index in [1.165, 1.54) is 67.7 Å². The number of carboxylic acid groups (broad SMARTS) is 5. The molecule has 0 saturated carbocycles. The summed E-state index contributed by atoms with van der Waals surface area (Å²) in [6, 6.07) is 28.2. The molecule has 8 N–H and O–H groups in total. The molecule has 0 bridgehead atoms. The van der Waals surface area contributed by atoms with E-state index in [0.29, 0.717) is 10.2 Å². The van der Waals surface area contributed by atoms with Gasteiger partial charge in [-0.2, -0.15) is 0 Å². The highest BCUT2D eigenvalue weighted by Gasteiger charge is 2.35. The van der Waals surface area contributed by atoms with E-state index in [9.17, 15) is 52.4 Å². The van der Waals surface area contributed by atoms with Crippen LogP contribution in [0.15, 0.2) is 125 Å². The minimum Gasteiger partial charge on any atom is -0.504 e. The van der Waals surface area contributed by atoms with Crippen LogP contribution in [-0.4, -0.2) is 128 Å². The highest BCUT2D eigenvalue weighted by Crippen LogP contribution is 2.30. The van der Waals surface area contributed by atoms with Crippen LogP contribution in [0.5, 0.6) is 17.2 Å². The second-order valence-corrected chi connectivity index (χ2v) is 16.2. The van der Waals surface area contributed by atoms with Crippen molar-refractivity contribution in [3.63, 3.8) is 0 Å². The number of hydrogen-bond acceptors (Lipinski definition) is 16. The number of nitro groups is 1. The van der Waals surface area contributed by atoms with Gasteiger partial charge in [-0.25, -0.2) is 27.6 Å². The number of phenols is 1. The number of aromatic carboxylic acids is 2. The van der Waals surface area contributed by atoms with Gasteiger partial charge in [0.25, 0.3) is 5.69 Å². The third kappa shape index (κ3) is 18.2. The van der Waals surface area contributed by atoms with E-state index < -0.39 is 73.1 Å². The maximum absolute atomic E-state index is 11.5. The van der Waals surface area contributed by atoms with Gasteiger partial charge in [-0.05, 0) is 81.2 Å². The number of methoxy groups -OCH3 is 2. The predicted octanol–water partition coefficient (Wildman–Crippen LogP) is 5.27. The van der Waals surface area contributed by atoms with Crippen LogP contribution in [0.4, 0.5) is 10.5 Å². The van der Waals surface area contributed by atoms with Gasteiger partial charge in [0, 0.05) is 6.07 Å². The van der Waals surface area contributed by atoms with Crippen LogP contribution < -0.4 is 9.47 Å². The molecule has 0 radical (unpaired) electrons. The second kappa shape index (κ2) is 27.5. The molecular formula is C44H43BrN2O21S. The van der Waals surface area contributed by atoms with Crippen LogP contribution in [0.1, 0.15) is 49.6 Å². The zero-order valence-corrected chi connectivity index (χ0v) is 38.4. The lowest BCUT2D eigenvalue weighted by molar-refractivity contribution is -0.387.